The number of aromatic nitrogens is 2. The zero-order chi connectivity index (χ0) is 10.1. The summed E-state index contributed by atoms with van der Waals surface area (Å²) in [7, 11) is 0. The van der Waals surface area contributed by atoms with E-state index >= 15 is 0 Å². The molecule has 5 heteroatoms. The molecule has 0 saturated carbocycles. The molecule has 0 aliphatic carbocycles. The number of H-pyrrole nitrogens is 1. The summed E-state index contributed by atoms with van der Waals surface area (Å²) in [4.78, 5) is 0. The minimum absolute atomic E-state index is 0.345. The minimum Gasteiger partial charge on any atom is -0.396 e. The van der Waals surface area contributed by atoms with Crippen LogP contribution in [-0.4, -0.2) is 10.2 Å². The molecule has 2 rings (SSSR count). The smallest absolute Gasteiger partial charge is 0.126 e. The van der Waals surface area contributed by atoms with Gasteiger partial charge in [-0.3, -0.25) is 5.10 Å². The van der Waals surface area contributed by atoms with Gasteiger partial charge in [0.05, 0.1) is 17.6 Å². The van der Waals surface area contributed by atoms with Gasteiger partial charge in [0, 0.05) is 11.6 Å². The van der Waals surface area contributed by atoms with Crippen LogP contribution >= 0.6 is 0 Å². The van der Waals surface area contributed by atoms with Gasteiger partial charge in [-0.25, -0.2) is 8.78 Å². The maximum Gasteiger partial charge on any atom is 0.126 e. The largest absolute Gasteiger partial charge is 0.396 e. The third kappa shape index (κ3) is 1.44. The summed E-state index contributed by atoms with van der Waals surface area (Å²) in [5, 5.41) is 6.23. The van der Waals surface area contributed by atoms with Crippen LogP contribution in [0.1, 0.15) is 0 Å². The molecular weight excluding hydrogens is 188 g/mol. The molecule has 3 N–H and O–H groups in total. The molecule has 3 nitrogen and oxygen atoms in total. The summed E-state index contributed by atoms with van der Waals surface area (Å²) in [6.45, 7) is 0. The number of nitrogens with zero attached hydrogens (tertiary/aromatic N) is 1. The first-order chi connectivity index (χ1) is 6.66. The van der Waals surface area contributed by atoms with E-state index in [0.29, 0.717) is 16.9 Å². The van der Waals surface area contributed by atoms with E-state index in [2.05, 4.69) is 10.2 Å². The summed E-state index contributed by atoms with van der Waals surface area (Å²) in [5.41, 5.74) is 6.66. The zero-order valence-corrected chi connectivity index (χ0v) is 7.09. The molecule has 1 heterocycles. The van der Waals surface area contributed by atoms with Crippen molar-refractivity contribution in [1.82, 2.24) is 10.2 Å². The number of aromatic amines is 1. The van der Waals surface area contributed by atoms with Crippen molar-refractivity contribution in [3.63, 3.8) is 0 Å². The predicted octanol–water partition coefficient (Wildman–Crippen LogP) is 1.94. The fourth-order valence-corrected chi connectivity index (χ4v) is 1.22. The van der Waals surface area contributed by atoms with E-state index in [9.17, 15) is 8.78 Å². The SMILES string of the molecule is Nc1cn[nH]c1-c1cc(F)cc(F)c1. The molecule has 0 aliphatic heterocycles. The first-order valence-corrected chi connectivity index (χ1v) is 3.92. The van der Waals surface area contributed by atoms with Crippen LogP contribution in [0.15, 0.2) is 24.4 Å². The topological polar surface area (TPSA) is 54.7 Å². The summed E-state index contributed by atoms with van der Waals surface area (Å²) in [6, 6.07) is 3.18. The number of benzene rings is 1. The number of rotatable bonds is 1. The van der Waals surface area contributed by atoms with Crippen molar-refractivity contribution in [3.05, 3.63) is 36.0 Å². The average Bonchev–Trinajstić information content (AvgIpc) is 2.49. The monoisotopic (exact) mass is 195 g/mol. The third-order valence-electron chi connectivity index (χ3n) is 1.82. The molecule has 0 atom stereocenters. The van der Waals surface area contributed by atoms with Crippen molar-refractivity contribution < 1.29 is 8.78 Å². The van der Waals surface area contributed by atoms with Gasteiger partial charge < -0.3 is 5.73 Å². The Bertz CT molecular complexity index is 445. The van der Waals surface area contributed by atoms with E-state index in [1.54, 1.807) is 0 Å². The summed E-state index contributed by atoms with van der Waals surface area (Å²) >= 11 is 0. The van der Waals surface area contributed by atoms with Crippen LogP contribution in [0.4, 0.5) is 14.5 Å². The van der Waals surface area contributed by atoms with Gasteiger partial charge in [0.2, 0.25) is 0 Å². The standard InChI is InChI=1S/C9H7F2N3/c10-6-1-5(2-7(11)3-6)9-8(12)4-13-14-9/h1-4H,12H2,(H,13,14). The molecule has 2 aromatic rings. The Morgan fingerprint density at radius 2 is 1.79 bits per heavy atom. The normalized spacial score (nSPS) is 10.4. The molecule has 0 unspecified atom stereocenters. The molecule has 1 aromatic carbocycles. The molecule has 14 heavy (non-hydrogen) atoms. The van der Waals surface area contributed by atoms with Crippen LogP contribution in [-0.2, 0) is 0 Å². The number of hydrogen-bond acceptors (Lipinski definition) is 2. The highest BCUT2D eigenvalue weighted by Gasteiger charge is 2.07. The molecule has 0 spiro atoms. The van der Waals surface area contributed by atoms with E-state index < -0.39 is 11.6 Å². The van der Waals surface area contributed by atoms with Gasteiger partial charge in [0.1, 0.15) is 11.6 Å². The number of halogens is 2. The Morgan fingerprint density at radius 1 is 1.14 bits per heavy atom. The average molecular weight is 195 g/mol. The predicted molar refractivity (Wildman–Crippen MR) is 48.4 cm³/mol. The fraction of sp³-hybridized carbons (Fsp3) is 0. The second-order valence-electron chi connectivity index (χ2n) is 2.86. The van der Waals surface area contributed by atoms with Gasteiger partial charge in [-0.05, 0) is 12.1 Å². The highest BCUT2D eigenvalue weighted by molar-refractivity contribution is 5.71. The van der Waals surface area contributed by atoms with Crippen LogP contribution in [0.2, 0.25) is 0 Å². The number of nitrogens with two attached hydrogens (primary N) is 1. The lowest BCUT2D eigenvalue weighted by molar-refractivity contribution is 0.584. The van der Waals surface area contributed by atoms with Crippen LogP contribution in [0.3, 0.4) is 0 Å². The fourth-order valence-electron chi connectivity index (χ4n) is 1.22. The molecule has 0 aliphatic rings. The number of nitrogens with one attached hydrogen (secondary N) is 1. The molecule has 0 radical (unpaired) electrons. The third-order valence-corrected chi connectivity index (χ3v) is 1.82. The number of nitrogen functional groups attached to an aromatic ring is 1. The Labute approximate surface area is 78.6 Å². The minimum atomic E-state index is -0.644. The van der Waals surface area contributed by atoms with Crippen LogP contribution in [0.5, 0.6) is 0 Å². The van der Waals surface area contributed by atoms with Gasteiger partial charge in [0.15, 0.2) is 0 Å². The van der Waals surface area contributed by atoms with Crippen molar-refractivity contribution in [2.75, 3.05) is 5.73 Å². The van der Waals surface area contributed by atoms with E-state index in [1.807, 2.05) is 0 Å². The second-order valence-corrected chi connectivity index (χ2v) is 2.86. The Kier molecular flexibility index (Phi) is 1.92. The first kappa shape index (κ1) is 8.68. The van der Waals surface area contributed by atoms with E-state index in [0.717, 1.165) is 6.07 Å². The maximum absolute atomic E-state index is 12.8. The lowest BCUT2D eigenvalue weighted by Crippen LogP contribution is -1.89. The Balaban J connectivity index is 2.57. The van der Waals surface area contributed by atoms with Crippen LogP contribution in [0.25, 0.3) is 11.3 Å². The van der Waals surface area contributed by atoms with Gasteiger partial charge in [-0.1, -0.05) is 0 Å². The number of hydrogen-bond donors (Lipinski definition) is 2. The zero-order valence-electron chi connectivity index (χ0n) is 7.09. The van der Waals surface area contributed by atoms with E-state index in [1.165, 1.54) is 18.3 Å². The van der Waals surface area contributed by atoms with Crippen molar-refractivity contribution in [2.24, 2.45) is 0 Å². The van der Waals surface area contributed by atoms with Crippen molar-refractivity contribution in [1.29, 1.82) is 0 Å². The second kappa shape index (κ2) is 3.10. The summed E-state index contributed by atoms with van der Waals surface area (Å²) in [5.74, 6) is -1.29. The number of anilines is 1. The molecule has 0 amide bonds. The summed E-state index contributed by atoms with van der Waals surface area (Å²) in [6.07, 6.45) is 1.39. The molecule has 72 valence electrons. The van der Waals surface area contributed by atoms with E-state index in [-0.39, 0.29) is 0 Å². The molecule has 0 bridgehead atoms. The van der Waals surface area contributed by atoms with Crippen molar-refractivity contribution in [3.8, 4) is 11.3 Å². The van der Waals surface area contributed by atoms with Crippen LogP contribution in [0, 0.1) is 11.6 Å². The molecular formula is C9H7F2N3. The van der Waals surface area contributed by atoms with E-state index in [4.69, 9.17) is 5.73 Å². The van der Waals surface area contributed by atoms with Gasteiger partial charge in [0.25, 0.3) is 0 Å². The Morgan fingerprint density at radius 3 is 2.29 bits per heavy atom. The maximum atomic E-state index is 12.8. The first-order valence-electron chi connectivity index (χ1n) is 3.92. The Hall–Kier alpha value is -1.91. The van der Waals surface area contributed by atoms with Crippen LogP contribution < -0.4 is 5.73 Å². The lowest BCUT2D eigenvalue weighted by atomic mass is 10.1. The quantitative estimate of drug-likeness (QED) is 0.730. The van der Waals surface area contributed by atoms with Gasteiger partial charge in [-0.2, -0.15) is 5.10 Å². The lowest BCUT2D eigenvalue weighted by Gasteiger charge is -1.99. The van der Waals surface area contributed by atoms with Gasteiger partial charge in [-0.15, -0.1) is 0 Å². The molecule has 0 fully saturated rings. The highest BCUT2D eigenvalue weighted by Crippen LogP contribution is 2.24. The van der Waals surface area contributed by atoms with Crippen molar-refractivity contribution >= 4 is 5.69 Å². The van der Waals surface area contributed by atoms with Gasteiger partial charge >= 0.3 is 0 Å². The highest BCUT2D eigenvalue weighted by atomic mass is 19.1. The summed E-state index contributed by atoms with van der Waals surface area (Å²) < 4.78 is 25.7. The van der Waals surface area contributed by atoms with Crippen molar-refractivity contribution in [2.45, 2.75) is 0 Å². The molecule has 0 saturated heterocycles. The molecule has 1 aromatic heterocycles.